The summed E-state index contributed by atoms with van der Waals surface area (Å²) in [7, 11) is 0. The molecule has 18 heavy (non-hydrogen) atoms. The Morgan fingerprint density at radius 1 is 0.833 bits per heavy atom. The lowest BCUT2D eigenvalue weighted by molar-refractivity contribution is 0.823. The summed E-state index contributed by atoms with van der Waals surface area (Å²) < 4.78 is 0. The fourth-order valence-electron chi connectivity index (χ4n) is 2.28. The molecule has 0 aliphatic rings. The first-order chi connectivity index (χ1) is 8.72. The Hall–Kier alpha value is -1.76. The molecule has 0 N–H and O–H groups in total. The van der Waals surface area contributed by atoms with Crippen molar-refractivity contribution in [1.82, 2.24) is 0 Å². The molecule has 1 nitrogen and oxygen atoms in total. The topological polar surface area (TPSA) is 3.24 Å². The average Bonchev–Trinajstić information content (AvgIpc) is 2.39. The van der Waals surface area contributed by atoms with Gasteiger partial charge in [0.1, 0.15) is 0 Å². The van der Waals surface area contributed by atoms with Gasteiger partial charge in [-0.25, -0.2) is 0 Å². The first-order valence-corrected chi connectivity index (χ1v) is 6.57. The Kier molecular flexibility index (Phi) is 4.03. The number of benzene rings is 2. The highest BCUT2D eigenvalue weighted by Gasteiger charge is 2.08. The van der Waals surface area contributed by atoms with E-state index in [9.17, 15) is 0 Å². The Bertz CT molecular complexity index is 517. The van der Waals surface area contributed by atoms with E-state index < -0.39 is 0 Å². The quantitative estimate of drug-likeness (QED) is 0.767. The van der Waals surface area contributed by atoms with E-state index in [0.717, 1.165) is 13.1 Å². The van der Waals surface area contributed by atoms with Crippen molar-refractivity contribution in [3.8, 4) is 0 Å². The van der Waals surface area contributed by atoms with Gasteiger partial charge >= 0.3 is 0 Å². The summed E-state index contributed by atoms with van der Waals surface area (Å²) in [6.45, 7) is 8.58. The van der Waals surface area contributed by atoms with Gasteiger partial charge in [-0.15, -0.1) is 0 Å². The maximum absolute atomic E-state index is 2.43. The lowest BCUT2D eigenvalue weighted by atomic mass is 10.1. The molecule has 0 saturated heterocycles. The molecule has 0 radical (unpaired) electrons. The Morgan fingerprint density at radius 3 is 2.06 bits per heavy atom. The number of hydrogen-bond acceptors (Lipinski definition) is 1. The number of para-hydroxylation sites is 1. The van der Waals surface area contributed by atoms with Crippen LogP contribution in [0.15, 0.2) is 48.5 Å². The Balaban J connectivity index is 2.26. The zero-order valence-corrected chi connectivity index (χ0v) is 11.5. The minimum atomic E-state index is 0.980. The number of aryl methyl sites for hydroxylation is 2. The van der Waals surface area contributed by atoms with E-state index in [1.165, 1.54) is 22.4 Å². The summed E-state index contributed by atoms with van der Waals surface area (Å²) in [6, 6.07) is 17.2. The summed E-state index contributed by atoms with van der Waals surface area (Å²) in [5, 5.41) is 0. The van der Waals surface area contributed by atoms with E-state index in [-0.39, 0.29) is 0 Å². The van der Waals surface area contributed by atoms with Gasteiger partial charge in [0.15, 0.2) is 0 Å². The lowest BCUT2D eigenvalue weighted by Crippen LogP contribution is -2.23. The van der Waals surface area contributed by atoms with Crippen LogP contribution in [0, 0.1) is 13.8 Å². The highest BCUT2D eigenvalue weighted by molar-refractivity contribution is 5.53. The maximum Gasteiger partial charge on any atom is 0.0432 e. The van der Waals surface area contributed by atoms with Crippen LogP contribution in [-0.2, 0) is 6.54 Å². The van der Waals surface area contributed by atoms with Crippen LogP contribution in [0.3, 0.4) is 0 Å². The highest BCUT2D eigenvalue weighted by atomic mass is 15.1. The zero-order valence-electron chi connectivity index (χ0n) is 11.5. The molecule has 0 fully saturated rings. The van der Waals surface area contributed by atoms with Crippen molar-refractivity contribution in [3.63, 3.8) is 0 Å². The SMILES string of the molecule is CCN(Cc1ccccc1C)c1ccccc1C. The predicted octanol–water partition coefficient (Wildman–Crippen LogP) is 4.33. The number of anilines is 1. The fraction of sp³-hybridized carbons (Fsp3) is 0.294. The summed E-state index contributed by atoms with van der Waals surface area (Å²) in [5.74, 6) is 0. The van der Waals surface area contributed by atoms with Crippen LogP contribution in [-0.4, -0.2) is 6.54 Å². The second kappa shape index (κ2) is 5.72. The number of hydrogen-bond donors (Lipinski definition) is 0. The van der Waals surface area contributed by atoms with Crippen LogP contribution in [0.4, 0.5) is 5.69 Å². The minimum absolute atomic E-state index is 0.980. The van der Waals surface area contributed by atoms with Crippen molar-refractivity contribution < 1.29 is 0 Å². The Labute approximate surface area is 110 Å². The van der Waals surface area contributed by atoms with E-state index in [4.69, 9.17) is 0 Å². The maximum atomic E-state index is 2.43. The van der Waals surface area contributed by atoms with Crippen LogP contribution < -0.4 is 4.90 Å². The highest BCUT2D eigenvalue weighted by Crippen LogP contribution is 2.22. The molecule has 0 bridgehead atoms. The van der Waals surface area contributed by atoms with Crippen LogP contribution >= 0.6 is 0 Å². The second-order valence-corrected chi connectivity index (χ2v) is 4.73. The van der Waals surface area contributed by atoms with Crippen molar-refractivity contribution in [3.05, 3.63) is 65.2 Å². The summed E-state index contributed by atoms with van der Waals surface area (Å²) in [4.78, 5) is 2.43. The number of nitrogens with zero attached hydrogens (tertiary/aromatic N) is 1. The molecule has 0 aromatic heterocycles. The van der Waals surface area contributed by atoms with Gasteiger partial charge in [-0.3, -0.25) is 0 Å². The standard InChI is InChI=1S/C17H21N/c1-4-18(17-12-8-6-10-15(17)3)13-16-11-7-5-9-14(16)2/h5-12H,4,13H2,1-3H3. The second-order valence-electron chi connectivity index (χ2n) is 4.73. The molecule has 0 amide bonds. The number of rotatable bonds is 4. The van der Waals surface area contributed by atoms with Crippen molar-refractivity contribution in [1.29, 1.82) is 0 Å². The van der Waals surface area contributed by atoms with Crippen molar-refractivity contribution >= 4 is 5.69 Å². The monoisotopic (exact) mass is 239 g/mol. The van der Waals surface area contributed by atoms with Crippen LogP contribution in [0.1, 0.15) is 23.6 Å². The van der Waals surface area contributed by atoms with E-state index in [2.05, 4.69) is 74.2 Å². The van der Waals surface area contributed by atoms with Gasteiger partial charge in [-0.2, -0.15) is 0 Å². The molecule has 0 atom stereocenters. The van der Waals surface area contributed by atoms with Gasteiger partial charge < -0.3 is 4.90 Å². The summed E-state index contributed by atoms with van der Waals surface area (Å²) >= 11 is 0. The van der Waals surface area contributed by atoms with Gasteiger partial charge in [0.2, 0.25) is 0 Å². The molecule has 0 unspecified atom stereocenters. The molecule has 2 aromatic carbocycles. The molecule has 2 rings (SSSR count). The van der Waals surface area contributed by atoms with Crippen LogP contribution in [0.25, 0.3) is 0 Å². The molecule has 2 aromatic rings. The van der Waals surface area contributed by atoms with Gasteiger partial charge in [-0.05, 0) is 43.5 Å². The van der Waals surface area contributed by atoms with Crippen molar-refractivity contribution in [2.24, 2.45) is 0 Å². The van der Waals surface area contributed by atoms with E-state index in [0.29, 0.717) is 0 Å². The third kappa shape index (κ3) is 2.73. The fourth-order valence-corrected chi connectivity index (χ4v) is 2.28. The van der Waals surface area contributed by atoms with Crippen molar-refractivity contribution in [2.75, 3.05) is 11.4 Å². The van der Waals surface area contributed by atoms with Gasteiger partial charge in [0.05, 0.1) is 0 Å². The molecule has 1 heteroatoms. The van der Waals surface area contributed by atoms with E-state index in [1.54, 1.807) is 0 Å². The molecular weight excluding hydrogens is 218 g/mol. The molecule has 0 heterocycles. The third-order valence-corrected chi connectivity index (χ3v) is 3.46. The van der Waals surface area contributed by atoms with Crippen LogP contribution in [0.5, 0.6) is 0 Å². The molecular formula is C17H21N. The van der Waals surface area contributed by atoms with Crippen molar-refractivity contribution in [2.45, 2.75) is 27.3 Å². The first kappa shape index (κ1) is 12.7. The normalized spacial score (nSPS) is 10.4. The molecule has 94 valence electrons. The molecule has 0 aliphatic heterocycles. The Morgan fingerprint density at radius 2 is 1.44 bits per heavy atom. The molecule has 0 saturated carbocycles. The van der Waals surface area contributed by atoms with Gasteiger partial charge in [0, 0.05) is 18.8 Å². The summed E-state index contributed by atoms with van der Waals surface area (Å²) in [6.07, 6.45) is 0. The van der Waals surface area contributed by atoms with Gasteiger partial charge in [0.25, 0.3) is 0 Å². The lowest BCUT2D eigenvalue weighted by Gasteiger charge is -2.25. The predicted molar refractivity (Wildman–Crippen MR) is 79.1 cm³/mol. The average molecular weight is 239 g/mol. The molecule has 0 spiro atoms. The minimum Gasteiger partial charge on any atom is -0.367 e. The molecule has 0 aliphatic carbocycles. The summed E-state index contributed by atoms with van der Waals surface area (Å²) in [5.41, 5.74) is 5.45. The van der Waals surface area contributed by atoms with E-state index in [1.807, 2.05) is 0 Å². The van der Waals surface area contributed by atoms with Crippen LogP contribution in [0.2, 0.25) is 0 Å². The first-order valence-electron chi connectivity index (χ1n) is 6.57. The van der Waals surface area contributed by atoms with Gasteiger partial charge in [-0.1, -0.05) is 42.5 Å². The zero-order chi connectivity index (χ0) is 13.0. The third-order valence-electron chi connectivity index (χ3n) is 3.46. The smallest absolute Gasteiger partial charge is 0.0432 e. The largest absolute Gasteiger partial charge is 0.367 e. The van der Waals surface area contributed by atoms with E-state index >= 15 is 0 Å².